The Morgan fingerprint density at radius 2 is 1.91 bits per heavy atom. The average molecular weight is 331 g/mol. The van der Waals surface area contributed by atoms with E-state index in [4.69, 9.17) is 16.2 Å². The molecule has 4 N–H and O–H groups in total. The number of aromatic carboxylic acids is 1. The molecule has 0 unspecified atom stereocenters. The standard InChI is InChI=1S/C13H13N3O2S.C4H8/c1-6-7(2)19-12(16-6)11(15)9-5-8(13(17)18)3-4-10(9)14;1-3-4-2/h3-5,15H,14H2,1-2H3,(H,17,18);3-4H,1-2H3/b;4-3-. The maximum atomic E-state index is 11.0. The molecule has 5 nitrogen and oxygen atoms in total. The highest BCUT2D eigenvalue weighted by Gasteiger charge is 2.15. The van der Waals surface area contributed by atoms with Crippen molar-refractivity contribution in [3.8, 4) is 0 Å². The zero-order valence-electron chi connectivity index (χ0n) is 13.7. The van der Waals surface area contributed by atoms with E-state index in [1.807, 2.05) is 39.8 Å². The van der Waals surface area contributed by atoms with E-state index in [1.165, 1.54) is 29.5 Å². The number of aromatic nitrogens is 1. The van der Waals surface area contributed by atoms with Gasteiger partial charge in [0.05, 0.1) is 17.0 Å². The van der Waals surface area contributed by atoms with E-state index < -0.39 is 5.97 Å². The van der Waals surface area contributed by atoms with Gasteiger partial charge in [0.15, 0.2) is 0 Å². The number of allylic oxidation sites excluding steroid dienone is 2. The van der Waals surface area contributed by atoms with Gasteiger partial charge in [-0.3, -0.25) is 5.41 Å². The van der Waals surface area contributed by atoms with Gasteiger partial charge in [0.25, 0.3) is 0 Å². The van der Waals surface area contributed by atoms with Crippen LogP contribution in [-0.4, -0.2) is 21.8 Å². The Morgan fingerprint density at radius 1 is 1.30 bits per heavy atom. The topological polar surface area (TPSA) is 100 Å². The van der Waals surface area contributed by atoms with Crippen molar-refractivity contribution in [2.45, 2.75) is 27.7 Å². The fourth-order valence-corrected chi connectivity index (χ4v) is 2.48. The third-order valence-electron chi connectivity index (χ3n) is 3.15. The van der Waals surface area contributed by atoms with Crippen molar-refractivity contribution in [3.63, 3.8) is 0 Å². The molecule has 0 aliphatic carbocycles. The number of nitrogens with one attached hydrogen (secondary N) is 1. The summed E-state index contributed by atoms with van der Waals surface area (Å²) in [6, 6.07) is 4.33. The van der Waals surface area contributed by atoms with Crippen molar-refractivity contribution >= 4 is 28.7 Å². The number of carboxylic acid groups (broad SMARTS) is 1. The van der Waals surface area contributed by atoms with Crippen LogP contribution in [0.15, 0.2) is 30.4 Å². The number of nitrogens with two attached hydrogens (primary N) is 1. The van der Waals surface area contributed by atoms with Crippen LogP contribution >= 0.6 is 11.3 Å². The fraction of sp³-hybridized carbons (Fsp3) is 0.235. The number of benzene rings is 1. The summed E-state index contributed by atoms with van der Waals surface area (Å²) in [7, 11) is 0. The first-order valence-electron chi connectivity index (χ1n) is 7.05. The smallest absolute Gasteiger partial charge is 0.335 e. The number of hydrogen-bond acceptors (Lipinski definition) is 5. The Balaban J connectivity index is 0.000000593. The molecule has 0 aliphatic heterocycles. The third kappa shape index (κ3) is 4.75. The van der Waals surface area contributed by atoms with E-state index in [0.29, 0.717) is 16.3 Å². The summed E-state index contributed by atoms with van der Waals surface area (Å²) in [5.41, 5.74) is 7.73. The molecular weight excluding hydrogens is 310 g/mol. The fourth-order valence-electron chi connectivity index (χ4n) is 1.60. The lowest BCUT2D eigenvalue weighted by Gasteiger charge is -2.06. The number of hydrogen-bond donors (Lipinski definition) is 3. The number of nitrogen functional groups attached to an aromatic ring is 1. The molecule has 6 heteroatoms. The van der Waals surface area contributed by atoms with E-state index in [2.05, 4.69) is 4.98 Å². The highest BCUT2D eigenvalue weighted by molar-refractivity contribution is 7.13. The van der Waals surface area contributed by atoms with Crippen LogP contribution in [0.3, 0.4) is 0 Å². The van der Waals surface area contributed by atoms with Crippen LogP contribution < -0.4 is 5.73 Å². The zero-order valence-corrected chi connectivity index (χ0v) is 14.5. The van der Waals surface area contributed by atoms with E-state index >= 15 is 0 Å². The quantitative estimate of drug-likeness (QED) is 0.449. The van der Waals surface area contributed by atoms with E-state index in [0.717, 1.165) is 10.6 Å². The number of carbonyl (C=O) groups is 1. The van der Waals surface area contributed by atoms with Crippen LogP contribution in [0.5, 0.6) is 0 Å². The second kappa shape index (κ2) is 8.24. The van der Waals surface area contributed by atoms with Gasteiger partial charge in [-0.05, 0) is 45.9 Å². The number of anilines is 1. The second-order valence-electron chi connectivity index (χ2n) is 4.81. The lowest BCUT2D eigenvalue weighted by molar-refractivity contribution is 0.0697. The molecule has 0 saturated heterocycles. The number of carboxylic acids is 1. The zero-order chi connectivity index (χ0) is 17.6. The number of thiazole rings is 1. The first-order chi connectivity index (χ1) is 10.8. The molecule has 0 atom stereocenters. The minimum Gasteiger partial charge on any atom is -0.478 e. The molecule has 2 aromatic rings. The van der Waals surface area contributed by atoms with Crippen LogP contribution in [0.4, 0.5) is 5.69 Å². The largest absolute Gasteiger partial charge is 0.478 e. The highest BCUT2D eigenvalue weighted by Crippen LogP contribution is 2.23. The van der Waals surface area contributed by atoms with Gasteiger partial charge >= 0.3 is 5.97 Å². The van der Waals surface area contributed by atoms with Gasteiger partial charge in [-0.15, -0.1) is 11.3 Å². The molecule has 23 heavy (non-hydrogen) atoms. The van der Waals surface area contributed by atoms with Crippen LogP contribution in [0, 0.1) is 19.3 Å². The van der Waals surface area contributed by atoms with Crippen LogP contribution in [0.2, 0.25) is 0 Å². The van der Waals surface area contributed by atoms with Crippen molar-refractivity contribution in [2.24, 2.45) is 0 Å². The molecule has 1 aromatic heterocycles. The molecule has 0 bridgehead atoms. The molecular formula is C17H21N3O2S. The van der Waals surface area contributed by atoms with E-state index in [1.54, 1.807) is 0 Å². The van der Waals surface area contributed by atoms with Crippen molar-refractivity contribution in [2.75, 3.05) is 5.73 Å². The maximum Gasteiger partial charge on any atom is 0.335 e. The molecule has 0 radical (unpaired) electrons. The van der Waals surface area contributed by atoms with E-state index in [-0.39, 0.29) is 11.3 Å². The van der Waals surface area contributed by atoms with Crippen molar-refractivity contribution in [1.82, 2.24) is 4.98 Å². The van der Waals surface area contributed by atoms with Gasteiger partial charge in [0.1, 0.15) is 5.01 Å². The van der Waals surface area contributed by atoms with Gasteiger partial charge in [-0.25, -0.2) is 9.78 Å². The summed E-state index contributed by atoms with van der Waals surface area (Å²) in [5, 5.41) is 17.7. The SMILES string of the molecule is C/C=C\C.Cc1nc(C(=N)c2cc(C(=O)O)ccc2N)sc1C. The molecule has 0 spiro atoms. The Morgan fingerprint density at radius 3 is 2.35 bits per heavy atom. The molecule has 0 fully saturated rings. The summed E-state index contributed by atoms with van der Waals surface area (Å²) in [6.45, 7) is 7.81. The van der Waals surface area contributed by atoms with Gasteiger partial charge < -0.3 is 10.8 Å². The molecule has 1 aromatic carbocycles. The minimum atomic E-state index is -1.04. The van der Waals surface area contributed by atoms with Crippen molar-refractivity contribution in [1.29, 1.82) is 5.41 Å². The predicted molar refractivity (Wildman–Crippen MR) is 95.8 cm³/mol. The van der Waals surface area contributed by atoms with Crippen LogP contribution in [-0.2, 0) is 0 Å². The van der Waals surface area contributed by atoms with Crippen LogP contribution in [0.1, 0.15) is 45.3 Å². The first-order valence-corrected chi connectivity index (χ1v) is 7.86. The molecule has 0 aliphatic rings. The first kappa shape index (κ1) is 18.6. The van der Waals surface area contributed by atoms with Crippen molar-refractivity contribution in [3.05, 3.63) is 57.1 Å². The Bertz CT molecular complexity index is 725. The second-order valence-corrected chi connectivity index (χ2v) is 6.01. The number of rotatable bonds is 3. The maximum absolute atomic E-state index is 11.0. The van der Waals surface area contributed by atoms with Crippen molar-refractivity contribution < 1.29 is 9.90 Å². The molecule has 1 heterocycles. The van der Waals surface area contributed by atoms with Gasteiger partial charge in [-0.2, -0.15) is 0 Å². The summed E-state index contributed by atoms with van der Waals surface area (Å²) >= 11 is 1.40. The average Bonchev–Trinajstić information content (AvgIpc) is 2.86. The highest BCUT2D eigenvalue weighted by atomic mass is 32.1. The van der Waals surface area contributed by atoms with Gasteiger partial charge in [0.2, 0.25) is 0 Å². The molecule has 122 valence electrons. The lowest BCUT2D eigenvalue weighted by Crippen LogP contribution is -2.08. The summed E-state index contributed by atoms with van der Waals surface area (Å²) in [5.74, 6) is -1.04. The minimum absolute atomic E-state index is 0.110. The Hall–Kier alpha value is -2.47. The normalized spacial score (nSPS) is 10.3. The lowest BCUT2D eigenvalue weighted by atomic mass is 10.0. The summed E-state index contributed by atoms with van der Waals surface area (Å²) in [6.07, 6.45) is 4.00. The third-order valence-corrected chi connectivity index (χ3v) is 4.24. The summed E-state index contributed by atoms with van der Waals surface area (Å²) in [4.78, 5) is 16.3. The number of nitrogens with zero attached hydrogens (tertiary/aromatic N) is 1. The van der Waals surface area contributed by atoms with E-state index in [9.17, 15) is 4.79 Å². The summed E-state index contributed by atoms with van der Waals surface area (Å²) < 4.78 is 0. The molecule has 0 amide bonds. The van der Waals surface area contributed by atoms with Crippen LogP contribution in [0.25, 0.3) is 0 Å². The molecule has 2 rings (SSSR count). The number of aryl methyl sites for hydroxylation is 2. The van der Waals surface area contributed by atoms with Gasteiger partial charge in [0, 0.05) is 16.1 Å². The Kier molecular flexibility index (Phi) is 6.65. The van der Waals surface area contributed by atoms with Gasteiger partial charge in [-0.1, -0.05) is 12.2 Å². The molecule has 0 saturated carbocycles. The Labute approximate surface area is 140 Å². The monoisotopic (exact) mass is 331 g/mol. The predicted octanol–water partition coefficient (Wildman–Crippen LogP) is 4.04.